The summed E-state index contributed by atoms with van der Waals surface area (Å²) >= 11 is 0. The van der Waals surface area contributed by atoms with Gasteiger partial charge in [-0.3, -0.25) is 0 Å². The Morgan fingerprint density at radius 2 is 1.74 bits per heavy atom. The smallest absolute Gasteiger partial charge is 0.317 e. The van der Waals surface area contributed by atoms with Crippen molar-refractivity contribution >= 4 is 11.7 Å². The van der Waals surface area contributed by atoms with Crippen molar-refractivity contribution in [2.24, 2.45) is 0 Å². The van der Waals surface area contributed by atoms with Crippen LogP contribution in [-0.2, 0) is 13.0 Å². The molecule has 3 rings (SSSR count). The third-order valence-corrected chi connectivity index (χ3v) is 5.06. The average Bonchev–Trinajstić information content (AvgIpc) is 3.23. The van der Waals surface area contributed by atoms with Gasteiger partial charge in [-0.25, -0.2) is 4.79 Å². The summed E-state index contributed by atoms with van der Waals surface area (Å²) in [5.41, 5.74) is 3.55. The molecule has 1 heterocycles. The van der Waals surface area contributed by atoms with Crippen LogP contribution in [-0.4, -0.2) is 44.7 Å². The lowest BCUT2D eigenvalue weighted by atomic mass is 10.1. The molecule has 0 radical (unpaired) electrons. The number of urea groups is 1. The number of hydrogen-bond acceptors (Lipinski definition) is 3. The first-order valence-electron chi connectivity index (χ1n) is 9.62. The van der Waals surface area contributed by atoms with Crippen LogP contribution in [0.2, 0.25) is 0 Å². The zero-order valence-electron chi connectivity index (χ0n) is 16.3. The van der Waals surface area contributed by atoms with Crippen molar-refractivity contribution in [1.29, 1.82) is 0 Å². The summed E-state index contributed by atoms with van der Waals surface area (Å²) in [6, 6.07) is 16.3. The van der Waals surface area contributed by atoms with Crippen molar-refractivity contribution in [3.05, 3.63) is 59.7 Å². The van der Waals surface area contributed by atoms with Gasteiger partial charge in [0.25, 0.3) is 0 Å². The minimum atomic E-state index is -0.0545. The van der Waals surface area contributed by atoms with Crippen LogP contribution in [0.5, 0.6) is 5.75 Å². The Bertz CT molecular complexity index is 757. The average molecular weight is 367 g/mol. The van der Waals surface area contributed by atoms with Gasteiger partial charge in [-0.1, -0.05) is 36.4 Å². The second kappa shape index (κ2) is 9.31. The van der Waals surface area contributed by atoms with E-state index < -0.39 is 0 Å². The highest BCUT2D eigenvalue weighted by atomic mass is 16.5. The molecule has 1 saturated heterocycles. The fraction of sp³-hybridized carbons (Fsp3) is 0.409. The summed E-state index contributed by atoms with van der Waals surface area (Å²) in [4.78, 5) is 16.7. The van der Waals surface area contributed by atoms with Gasteiger partial charge in [-0.05, 0) is 42.5 Å². The van der Waals surface area contributed by atoms with E-state index in [1.165, 1.54) is 24.1 Å². The molecule has 0 spiro atoms. The number of ether oxygens (including phenoxy) is 1. The molecule has 1 fully saturated rings. The van der Waals surface area contributed by atoms with E-state index in [4.69, 9.17) is 4.74 Å². The third kappa shape index (κ3) is 4.94. The van der Waals surface area contributed by atoms with Gasteiger partial charge in [0, 0.05) is 38.9 Å². The number of para-hydroxylation sites is 2. The van der Waals surface area contributed by atoms with Crippen LogP contribution in [0.1, 0.15) is 24.0 Å². The molecule has 0 aromatic heterocycles. The number of nitrogens with one attached hydrogen (secondary N) is 1. The third-order valence-electron chi connectivity index (χ3n) is 5.06. The molecule has 1 N–H and O–H groups in total. The predicted octanol–water partition coefficient (Wildman–Crippen LogP) is 3.68. The van der Waals surface area contributed by atoms with Crippen molar-refractivity contribution in [2.75, 3.05) is 38.7 Å². The zero-order valence-corrected chi connectivity index (χ0v) is 16.3. The molecule has 0 atom stereocenters. The predicted molar refractivity (Wildman–Crippen MR) is 109 cm³/mol. The number of carbonyl (C=O) groups is 1. The standard InChI is InChI=1S/C22H29N3O2/c1-24(17-19-10-3-5-11-20(19)25-15-7-8-16-25)22(26)23-14-13-18-9-4-6-12-21(18)27-2/h3-6,9-12H,7-8,13-17H2,1-2H3,(H,23,26). The Morgan fingerprint density at radius 1 is 1.07 bits per heavy atom. The molecule has 0 bridgehead atoms. The Hall–Kier alpha value is -2.69. The lowest BCUT2D eigenvalue weighted by Crippen LogP contribution is -2.38. The van der Waals surface area contributed by atoms with Crippen molar-refractivity contribution in [3.63, 3.8) is 0 Å². The van der Waals surface area contributed by atoms with E-state index in [2.05, 4.69) is 28.4 Å². The van der Waals surface area contributed by atoms with E-state index >= 15 is 0 Å². The molecular formula is C22H29N3O2. The van der Waals surface area contributed by atoms with Gasteiger partial charge in [0.05, 0.1) is 7.11 Å². The molecule has 2 amide bonds. The molecule has 2 aromatic rings. The van der Waals surface area contributed by atoms with Crippen molar-refractivity contribution < 1.29 is 9.53 Å². The summed E-state index contributed by atoms with van der Waals surface area (Å²) in [7, 11) is 3.52. The number of amides is 2. The van der Waals surface area contributed by atoms with Crippen LogP contribution in [0.15, 0.2) is 48.5 Å². The monoisotopic (exact) mass is 367 g/mol. The van der Waals surface area contributed by atoms with E-state index in [1.54, 1.807) is 12.0 Å². The second-order valence-electron chi connectivity index (χ2n) is 6.97. The van der Waals surface area contributed by atoms with E-state index in [9.17, 15) is 4.79 Å². The number of nitrogens with zero attached hydrogens (tertiary/aromatic N) is 2. The second-order valence-corrected chi connectivity index (χ2v) is 6.97. The van der Waals surface area contributed by atoms with Crippen LogP contribution in [0.3, 0.4) is 0 Å². The Balaban J connectivity index is 1.54. The largest absolute Gasteiger partial charge is 0.496 e. The SMILES string of the molecule is COc1ccccc1CCNC(=O)N(C)Cc1ccccc1N1CCCC1. The van der Waals surface area contributed by atoms with Gasteiger partial charge in [0.1, 0.15) is 5.75 Å². The van der Waals surface area contributed by atoms with Crippen molar-refractivity contribution in [2.45, 2.75) is 25.8 Å². The first kappa shape index (κ1) is 19.1. The van der Waals surface area contributed by atoms with Crippen molar-refractivity contribution in [3.8, 4) is 5.75 Å². The summed E-state index contributed by atoms with van der Waals surface area (Å²) in [5.74, 6) is 0.861. The summed E-state index contributed by atoms with van der Waals surface area (Å²) < 4.78 is 5.36. The molecular weight excluding hydrogens is 338 g/mol. The fourth-order valence-corrected chi connectivity index (χ4v) is 3.59. The number of benzene rings is 2. The zero-order chi connectivity index (χ0) is 19.1. The molecule has 0 unspecified atom stereocenters. The molecule has 144 valence electrons. The first-order chi connectivity index (χ1) is 13.2. The van der Waals surface area contributed by atoms with E-state index in [1.807, 2.05) is 37.4 Å². The van der Waals surface area contributed by atoms with Gasteiger partial charge in [0.2, 0.25) is 0 Å². The summed E-state index contributed by atoms with van der Waals surface area (Å²) in [5, 5.41) is 3.01. The molecule has 1 aliphatic rings. The minimum absolute atomic E-state index is 0.0545. The van der Waals surface area contributed by atoms with E-state index in [0.29, 0.717) is 13.1 Å². The Labute approximate surface area is 161 Å². The number of anilines is 1. The topological polar surface area (TPSA) is 44.8 Å². The minimum Gasteiger partial charge on any atom is -0.496 e. The van der Waals surface area contributed by atoms with Gasteiger partial charge in [0.15, 0.2) is 0 Å². The normalized spacial score (nSPS) is 13.5. The van der Waals surface area contributed by atoms with Crippen LogP contribution in [0.4, 0.5) is 10.5 Å². The molecule has 27 heavy (non-hydrogen) atoms. The van der Waals surface area contributed by atoms with Gasteiger partial charge in [-0.2, -0.15) is 0 Å². The molecule has 0 aliphatic carbocycles. The molecule has 0 saturated carbocycles. The van der Waals surface area contributed by atoms with Gasteiger partial charge in [-0.15, -0.1) is 0 Å². The van der Waals surface area contributed by atoms with E-state index in [0.717, 1.165) is 30.8 Å². The number of hydrogen-bond donors (Lipinski definition) is 1. The lowest BCUT2D eigenvalue weighted by Gasteiger charge is -2.24. The summed E-state index contributed by atoms with van der Waals surface area (Å²) in [6.07, 6.45) is 3.23. The maximum absolute atomic E-state index is 12.5. The lowest BCUT2D eigenvalue weighted by molar-refractivity contribution is 0.207. The molecule has 1 aliphatic heterocycles. The maximum Gasteiger partial charge on any atom is 0.317 e. The highest BCUT2D eigenvalue weighted by Gasteiger charge is 2.17. The van der Waals surface area contributed by atoms with Gasteiger partial charge < -0.3 is 19.9 Å². The molecule has 2 aromatic carbocycles. The first-order valence-corrected chi connectivity index (χ1v) is 9.62. The maximum atomic E-state index is 12.5. The highest BCUT2D eigenvalue weighted by molar-refractivity contribution is 5.74. The number of rotatable bonds is 7. The fourth-order valence-electron chi connectivity index (χ4n) is 3.59. The Kier molecular flexibility index (Phi) is 6.58. The van der Waals surface area contributed by atoms with Crippen LogP contribution in [0.25, 0.3) is 0 Å². The molecule has 5 nitrogen and oxygen atoms in total. The van der Waals surface area contributed by atoms with Crippen LogP contribution >= 0.6 is 0 Å². The van der Waals surface area contributed by atoms with Gasteiger partial charge >= 0.3 is 6.03 Å². The number of methoxy groups -OCH3 is 1. The quantitative estimate of drug-likeness (QED) is 0.812. The Morgan fingerprint density at radius 3 is 2.48 bits per heavy atom. The van der Waals surface area contributed by atoms with Crippen LogP contribution in [0, 0.1) is 0 Å². The van der Waals surface area contributed by atoms with Crippen LogP contribution < -0.4 is 15.0 Å². The summed E-state index contributed by atoms with van der Waals surface area (Å²) in [6.45, 7) is 3.39. The molecule has 5 heteroatoms. The van der Waals surface area contributed by atoms with E-state index in [-0.39, 0.29) is 6.03 Å². The number of carbonyl (C=O) groups excluding carboxylic acids is 1. The van der Waals surface area contributed by atoms with Crippen molar-refractivity contribution in [1.82, 2.24) is 10.2 Å². The highest BCUT2D eigenvalue weighted by Crippen LogP contribution is 2.25.